The van der Waals surface area contributed by atoms with Crippen LogP contribution in [0.25, 0.3) is 0 Å². The lowest BCUT2D eigenvalue weighted by atomic mass is 10.1. The summed E-state index contributed by atoms with van der Waals surface area (Å²) in [5.74, 6) is -1.29. The van der Waals surface area contributed by atoms with Crippen LogP contribution in [0.4, 0.5) is 11.6 Å². The van der Waals surface area contributed by atoms with Crippen LogP contribution >= 0.6 is 139 Å². The quantitative estimate of drug-likeness (QED) is 0.0136. The molecule has 1 aliphatic carbocycles. The van der Waals surface area contributed by atoms with E-state index < -0.39 is 40.3 Å². The molecule has 2 aliphatic heterocycles. The Bertz CT molecular complexity index is 4660. The molecule has 6 aromatic heterocycles. The molecule has 5 N–H and O–H groups in total. The van der Waals surface area contributed by atoms with Crippen LogP contribution in [0.5, 0.6) is 0 Å². The van der Waals surface area contributed by atoms with Gasteiger partial charge in [0.05, 0.1) is 32.4 Å². The number of carbonyl (C=O) groups is 11. The van der Waals surface area contributed by atoms with E-state index in [1.165, 1.54) is 20.3 Å². The molecule has 0 unspecified atom stereocenters. The van der Waals surface area contributed by atoms with Crippen molar-refractivity contribution >= 4 is 216 Å². The fourth-order valence-electron chi connectivity index (χ4n) is 11.2. The van der Waals surface area contributed by atoms with Gasteiger partial charge < -0.3 is 81.4 Å². The van der Waals surface area contributed by atoms with E-state index in [2.05, 4.69) is 168 Å². The Hall–Kier alpha value is -7.34. The van der Waals surface area contributed by atoms with E-state index in [1.807, 2.05) is 169 Å². The number of ether oxygens (including phenoxy) is 7. The molecule has 41 heteroatoms. The van der Waals surface area contributed by atoms with Gasteiger partial charge >= 0.3 is 53.7 Å². The number of fused-ring (bicyclic) bond motifs is 2. The van der Waals surface area contributed by atoms with E-state index in [0.29, 0.717) is 118 Å². The number of nitrogens with one attached hydrogen (secondary N) is 1. The molecule has 32 nitrogen and oxygen atoms in total. The molecule has 0 atom stereocenters. The van der Waals surface area contributed by atoms with Crippen molar-refractivity contribution in [3.63, 3.8) is 0 Å². The van der Waals surface area contributed by atoms with Crippen LogP contribution in [-0.4, -0.2) is 158 Å². The minimum absolute atomic E-state index is 0. The van der Waals surface area contributed by atoms with Gasteiger partial charge in [0.25, 0.3) is 0 Å². The highest BCUT2D eigenvalue weighted by atomic mass is 79.9. The van der Waals surface area contributed by atoms with Gasteiger partial charge in [-0.15, -0.1) is 0 Å². The molecule has 0 spiro atoms. The van der Waals surface area contributed by atoms with Gasteiger partial charge in [-0.3, -0.25) is 38.4 Å². The molecular formula is C87H125Br8ClN12O20. The van der Waals surface area contributed by atoms with Gasteiger partial charge in [0.15, 0.2) is 0 Å². The van der Waals surface area contributed by atoms with Crippen LogP contribution in [0.3, 0.4) is 0 Å². The summed E-state index contributed by atoms with van der Waals surface area (Å²) in [7, 11) is 4.55. The highest BCUT2D eigenvalue weighted by Gasteiger charge is 2.25. The Kier molecular flexibility index (Phi) is 57.2. The summed E-state index contributed by atoms with van der Waals surface area (Å²) in [6.45, 7) is 31.9. The smallest absolute Gasteiger partial charge is 0.354 e. The van der Waals surface area contributed by atoms with Gasteiger partial charge in [0, 0.05) is 188 Å². The number of aryl methyl sites for hydroxylation is 6. The molecule has 3 aliphatic rings. The second kappa shape index (κ2) is 60.7. The van der Waals surface area contributed by atoms with E-state index in [0.717, 1.165) is 88.2 Å². The molecule has 0 saturated carbocycles. The summed E-state index contributed by atoms with van der Waals surface area (Å²) >= 11 is 31.1. The SMILES string of the molecule is C.CC(C)(C)OC(=O)CCCBr.CC(C)(C)OC(=O)CCCn1cc(Br)cc1C(=O)O.CC(C)(C)OC(=O)CCCn1cc(Br)cc1CC(=O)OC(C)(C)C.CN1C(=O)CCCn2cc(Br)cc21.COC(=O)C1=CC(Br)=CC1.COC(=O)c1cc(Br)cn1CCCC(=O)OC(C)(C)C.N=NN=NCl.Nc1cc(Br)cn1CCCC(=O)O.O=C1CCCn2cc(Br)cc2C1. The number of rotatable bonds is 25. The Morgan fingerprint density at radius 2 is 0.906 bits per heavy atom. The maximum atomic E-state index is 12.0. The monoisotopic (exact) mass is 2320 g/mol. The number of allylic oxidation sites excluding steroid dienone is 3. The van der Waals surface area contributed by atoms with Gasteiger partial charge in [-0.25, -0.2) is 14.4 Å². The van der Waals surface area contributed by atoms with E-state index in [-0.39, 0.29) is 79.7 Å². The Labute approximate surface area is 823 Å². The standard InChI is InChI=1S/C18H28BrNO4.C14H20BrNO4.C13H18BrNO4.C9H11BrN2O.C9H10BrNO.C8H11BrN2O2.C8H15BrO2.C7H7BrO2.CH4.ClHN4/c1-17(2,3)23-15(21)8-7-9-20-12-13(19)10-14(20)11-16(22)24-18(4,5)6;1-14(2,3)20-12(17)6-5-7-16-9-10(15)8-11(16)13(18)19-4;1-13(2,3)19-11(16)5-4-6-15-8-9(14)7-10(15)12(17)18;1-11-8-5-7(10)6-12(8)4-2-3-9(11)13;10-7-4-8-5-9(12)2-1-3-11(8)6-7;9-6-4-7(10)11(5-6)3-1-2-8(12)13;1-8(2,3)11-7(10)5-4-6-9;1-10-7(9)5-2-3-6(8)4-5;;1-3-5-4-2/h10,12H,7-9,11H2,1-6H3;8-9H,5-7H2,1-4H3;7-8H,4-6H2,1-3H3,(H,17,18);5-6H,2-4H2,1H3;4,6H,1-3,5H2;4-5H,1-3,10H2,(H,12,13);4-6H2,1-3H3;3-4H,2H2,1H3;1H4;2H. The van der Waals surface area contributed by atoms with Crippen LogP contribution in [0.2, 0.25) is 0 Å². The summed E-state index contributed by atoms with van der Waals surface area (Å²) in [6, 6.07) is 10.9. The Morgan fingerprint density at radius 3 is 1.34 bits per heavy atom. The number of aliphatic carboxylic acids is 1. The number of anilines is 2. The maximum Gasteiger partial charge on any atom is 0.354 e. The lowest BCUT2D eigenvalue weighted by Gasteiger charge is -2.20. The van der Waals surface area contributed by atoms with E-state index in [4.69, 9.17) is 49.9 Å². The van der Waals surface area contributed by atoms with E-state index >= 15 is 0 Å². The molecule has 0 aromatic carbocycles. The number of esters is 7. The maximum absolute atomic E-state index is 12.0. The zero-order valence-electron chi connectivity index (χ0n) is 75.2. The number of nitrogens with two attached hydrogens (primary N) is 1. The van der Waals surface area contributed by atoms with Gasteiger partial charge in [-0.1, -0.05) is 50.0 Å². The van der Waals surface area contributed by atoms with Crippen molar-refractivity contribution in [2.24, 2.45) is 15.1 Å². The molecule has 0 fully saturated rings. The second-order valence-corrected chi connectivity index (χ2v) is 40.6. The number of alkyl halides is 1. The first-order chi connectivity index (χ1) is 58.9. The minimum Gasteiger partial charge on any atom is -0.481 e. The number of carboxylic acids is 2. The van der Waals surface area contributed by atoms with Crippen molar-refractivity contribution in [2.75, 3.05) is 37.2 Å². The fraction of sp³-hybridized carbons (Fsp3) is 0.552. The number of aromatic nitrogens is 6. The van der Waals surface area contributed by atoms with Crippen LogP contribution < -0.4 is 10.6 Å². The molecular weight excluding hydrogens is 2210 g/mol. The zero-order chi connectivity index (χ0) is 96.9. The number of ketones is 1. The van der Waals surface area contributed by atoms with Crippen molar-refractivity contribution in [3.8, 4) is 0 Å². The molecule has 0 radical (unpaired) electrons. The number of carbonyl (C=O) groups excluding carboxylic acids is 9. The van der Waals surface area contributed by atoms with Gasteiger partial charge in [0.2, 0.25) is 5.91 Å². The predicted molar refractivity (Wildman–Crippen MR) is 521 cm³/mol. The van der Waals surface area contributed by atoms with E-state index in [9.17, 15) is 52.7 Å². The predicted octanol–water partition coefficient (Wildman–Crippen LogP) is 22.8. The number of halogens is 9. The summed E-state index contributed by atoms with van der Waals surface area (Å²) in [5.41, 5.74) is 12.6. The molecule has 1 amide bonds. The normalized spacial score (nSPS) is 12.7. The lowest BCUT2D eigenvalue weighted by molar-refractivity contribution is -0.156. The van der Waals surface area contributed by atoms with Crippen LogP contribution in [-0.2, 0) is 128 Å². The van der Waals surface area contributed by atoms with E-state index in [1.54, 1.807) is 44.6 Å². The highest BCUT2D eigenvalue weighted by molar-refractivity contribution is 9.12. The fourth-order valence-corrected chi connectivity index (χ4v) is 14.9. The number of hydrogen-bond acceptors (Lipinski definition) is 21. The molecule has 6 aromatic rings. The van der Waals surface area contributed by atoms with Crippen molar-refractivity contribution in [3.05, 3.63) is 145 Å². The molecule has 0 bridgehead atoms. The number of aromatic carboxylic acids is 1. The molecule has 0 saturated heterocycles. The van der Waals surface area contributed by atoms with Crippen molar-refractivity contribution in [1.29, 1.82) is 5.53 Å². The van der Waals surface area contributed by atoms with Crippen molar-refractivity contribution in [1.82, 2.24) is 27.4 Å². The molecule has 9 rings (SSSR count). The minimum atomic E-state index is -0.983. The van der Waals surface area contributed by atoms with Gasteiger partial charge in [0.1, 0.15) is 56.8 Å². The number of amides is 1. The highest BCUT2D eigenvalue weighted by Crippen LogP contribution is 2.28. The third-order valence-corrected chi connectivity index (χ3v) is 19.9. The zero-order valence-corrected chi connectivity index (χ0v) is 88.7. The van der Waals surface area contributed by atoms with Gasteiger partial charge in [-0.05, 0) is 304 Å². The average Bonchev–Trinajstić information content (AvgIpc) is 1.65. The van der Waals surface area contributed by atoms with Gasteiger partial charge in [-0.2, -0.15) is 5.53 Å². The second-order valence-electron chi connectivity index (χ2n) is 33.2. The van der Waals surface area contributed by atoms with Crippen LogP contribution in [0.1, 0.15) is 240 Å². The summed E-state index contributed by atoms with van der Waals surface area (Å²) in [4.78, 5) is 126. The number of carboxylic acid groups (broad SMARTS) is 2. The number of nitrogen functional groups attached to an aromatic ring is 1. The molecule has 716 valence electrons. The number of Topliss-reactive ketones (excluding diaryl/α,β-unsaturated/α-hetero) is 1. The number of hydrogen-bond donors (Lipinski definition) is 4. The molecule has 8 heterocycles. The largest absolute Gasteiger partial charge is 0.481 e. The third kappa shape index (κ3) is 55.1. The Balaban J connectivity index is 0.00000145. The topological polar surface area (TPSA) is 413 Å². The lowest BCUT2D eigenvalue weighted by Crippen LogP contribution is -2.25. The van der Waals surface area contributed by atoms with Crippen LogP contribution in [0.15, 0.2) is 138 Å². The number of methoxy groups -OCH3 is 2. The third-order valence-electron chi connectivity index (χ3n) is 16.1. The summed E-state index contributed by atoms with van der Waals surface area (Å²) in [5, 5.41) is 23.4. The average molecular weight is 2330 g/mol. The number of nitrogens with zero attached hydrogens (tertiary/aromatic N) is 10. The van der Waals surface area contributed by atoms with Crippen LogP contribution in [0, 0.1) is 5.53 Å². The van der Waals surface area contributed by atoms with Crippen molar-refractivity contribution in [2.45, 2.75) is 288 Å². The van der Waals surface area contributed by atoms with Crippen molar-refractivity contribution < 1.29 is 96.1 Å². The first-order valence-corrected chi connectivity index (χ1v) is 47.3. The first-order valence-electron chi connectivity index (χ1n) is 40.3. The summed E-state index contributed by atoms with van der Waals surface area (Å²) in [6.07, 6.45) is 24.6. The summed E-state index contributed by atoms with van der Waals surface area (Å²) < 4.78 is 55.8. The first kappa shape index (κ1) is 121. The Morgan fingerprint density at radius 1 is 0.508 bits per heavy atom. The molecule has 128 heavy (non-hydrogen) atoms.